The summed E-state index contributed by atoms with van der Waals surface area (Å²) in [6.45, 7) is 0. The van der Waals surface area contributed by atoms with Crippen molar-refractivity contribution in [3.8, 4) is 67.8 Å². The van der Waals surface area contributed by atoms with Crippen molar-refractivity contribution in [1.82, 2.24) is 24.1 Å². The summed E-state index contributed by atoms with van der Waals surface area (Å²) in [6, 6.07) is 90.9. The van der Waals surface area contributed by atoms with Gasteiger partial charge in [0.25, 0.3) is 0 Å². The van der Waals surface area contributed by atoms with E-state index >= 15 is 0 Å². The molecule has 0 fully saturated rings. The monoisotopic (exact) mass is 983 g/mol. The fourth-order valence-electron chi connectivity index (χ4n) is 13.5. The molecular formula is C70H41N5S. The predicted molar refractivity (Wildman–Crippen MR) is 314 cm³/mol. The second-order valence-corrected chi connectivity index (χ2v) is 21.1. The third-order valence-electron chi connectivity index (χ3n) is 16.4. The Morgan fingerprint density at radius 1 is 0.342 bits per heavy atom. The van der Waals surface area contributed by atoms with Crippen LogP contribution >= 0.6 is 11.3 Å². The van der Waals surface area contributed by atoms with E-state index in [0.717, 1.165) is 38.3 Å². The Balaban J connectivity index is 1.08. The molecule has 11 aromatic carbocycles. The highest BCUT2D eigenvalue weighted by molar-refractivity contribution is 7.26. The molecule has 0 radical (unpaired) electrons. The van der Waals surface area contributed by atoms with E-state index in [2.05, 4.69) is 221 Å². The van der Waals surface area contributed by atoms with Crippen LogP contribution in [0.15, 0.2) is 249 Å². The third kappa shape index (κ3) is 5.45. The minimum atomic E-state index is -0.627. The normalized spacial score (nSPS) is 13.1. The summed E-state index contributed by atoms with van der Waals surface area (Å²) < 4.78 is 7.51. The SMILES string of the molecule is c1ccc(-c2nc(-c3ccccc3)nc(-c3ccc(-n4c5ccccc5c5c6c(c7c(c8ccccc8n7-c7ccccc7)c54)-c4ccccc4C64c5ccccc5-c5ccccc54)c4c3sc3ccccc34)n2)cc1. The predicted octanol–water partition coefficient (Wildman–Crippen LogP) is 17.8. The van der Waals surface area contributed by atoms with Gasteiger partial charge in [0.05, 0.1) is 33.2 Å². The van der Waals surface area contributed by atoms with E-state index < -0.39 is 5.41 Å². The van der Waals surface area contributed by atoms with Crippen LogP contribution in [-0.4, -0.2) is 24.1 Å². The van der Waals surface area contributed by atoms with Crippen molar-refractivity contribution >= 4 is 75.1 Å². The first-order valence-corrected chi connectivity index (χ1v) is 26.8. The van der Waals surface area contributed by atoms with Gasteiger partial charge in [0.2, 0.25) is 0 Å². The fraction of sp³-hybridized carbons (Fsp3) is 0.0143. The molecule has 6 heteroatoms. The molecule has 4 aromatic heterocycles. The maximum Gasteiger partial charge on any atom is 0.165 e. The summed E-state index contributed by atoms with van der Waals surface area (Å²) in [4.78, 5) is 15.8. The lowest BCUT2D eigenvalue weighted by Crippen LogP contribution is -2.26. The number of rotatable bonds is 5. The van der Waals surface area contributed by atoms with Crippen molar-refractivity contribution < 1.29 is 0 Å². The number of para-hydroxylation sites is 3. The van der Waals surface area contributed by atoms with Crippen molar-refractivity contribution in [2.75, 3.05) is 0 Å². The summed E-state index contributed by atoms with van der Waals surface area (Å²) in [7, 11) is 0. The molecule has 0 atom stereocenters. The molecule has 0 aliphatic heterocycles. The van der Waals surface area contributed by atoms with E-state index in [9.17, 15) is 0 Å². The minimum absolute atomic E-state index is 0.627. The molecule has 0 amide bonds. The molecule has 17 rings (SSSR count). The standard InChI is InChI=1S/C70H41N5S/c1-4-22-42(23-5-1)67-71-68(43-24-6-2-7-25-43)73-69(72-67)51-40-41-57(59-50-33-15-21-39-58(50)76-66(51)59)75-56-38-20-13-31-48(56)61-63-60(64-62(65(61)75)49-32-14-19-37-55(49)74(64)44-26-8-3-9-27-44)47-30-12-18-36-54(47)70(63)52-34-16-10-28-45(52)46-29-11-17-35-53(46)70/h1-41H. The molecule has 2 aliphatic rings. The smallest absolute Gasteiger partial charge is 0.165 e. The van der Waals surface area contributed by atoms with Gasteiger partial charge in [-0.3, -0.25) is 0 Å². The van der Waals surface area contributed by atoms with Crippen LogP contribution in [0.5, 0.6) is 0 Å². The molecule has 0 bridgehead atoms. The fourth-order valence-corrected chi connectivity index (χ4v) is 14.7. The van der Waals surface area contributed by atoms with Gasteiger partial charge in [0.15, 0.2) is 17.5 Å². The van der Waals surface area contributed by atoms with Gasteiger partial charge in [-0.2, -0.15) is 0 Å². The van der Waals surface area contributed by atoms with Crippen LogP contribution in [0, 0.1) is 0 Å². The number of nitrogens with zero attached hydrogens (tertiary/aromatic N) is 5. The molecular weight excluding hydrogens is 943 g/mol. The van der Waals surface area contributed by atoms with Gasteiger partial charge in [-0.1, -0.05) is 206 Å². The van der Waals surface area contributed by atoms with Gasteiger partial charge in [0.1, 0.15) is 0 Å². The Bertz CT molecular complexity index is 4830. The number of fused-ring (bicyclic) bond motifs is 22. The van der Waals surface area contributed by atoms with Gasteiger partial charge in [-0.05, 0) is 81.4 Å². The average molecular weight is 984 g/mol. The molecule has 76 heavy (non-hydrogen) atoms. The lowest BCUT2D eigenvalue weighted by Gasteiger charge is -2.31. The first-order chi connectivity index (χ1) is 37.8. The Kier molecular flexibility index (Phi) is 8.58. The lowest BCUT2D eigenvalue weighted by molar-refractivity contribution is 0.802. The van der Waals surface area contributed by atoms with Crippen molar-refractivity contribution in [3.05, 3.63) is 271 Å². The van der Waals surface area contributed by atoms with Gasteiger partial charge < -0.3 is 9.13 Å². The number of thiophene rings is 1. The van der Waals surface area contributed by atoms with Crippen molar-refractivity contribution in [2.45, 2.75) is 5.41 Å². The average Bonchev–Trinajstić information content (AvgIpc) is 4.48. The second-order valence-electron chi connectivity index (χ2n) is 20.1. The largest absolute Gasteiger partial charge is 0.309 e. The van der Waals surface area contributed by atoms with E-state index in [4.69, 9.17) is 15.0 Å². The Morgan fingerprint density at radius 3 is 1.47 bits per heavy atom. The van der Waals surface area contributed by atoms with Crippen LogP contribution < -0.4 is 0 Å². The first-order valence-electron chi connectivity index (χ1n) is 25.9. The quantitative estimate of drug-likeness (QED) is 0.173. The third-order valence-corrected chi connectivity index (χ3v) is 17.6. The highest BCUT2D eigenvalue weighted by atomic mass is 32.1. The molecule has 4 heterocycles. The van der Waals surface area contributed by atoms with E-state index in [0.29, 0.717) is 17.5 Å². The molecule has 1 spiro atoms. The van der Waals surface area contributed by atoms with E-state index in [-0.39, 0.29) is 0 Å². The van der Waals surface area contributed by atoms with Crippen molar-refractivity contribution in [1.29, 1.82) is 0 Å². The number of benzene rings is 11. The number of hydrogen-bond donors (Lipinski definition) is 0. The van der Waals surface area contributed by atoms with Gasteiger partial charge in [-0.15, -0.1) is 11.3 Å². The molecule has 5 nitrogen and oxygen atoms in total. The van der Waals surface area contributed by atoms with Gasteiger partial charge in [0, 0.05) is 69.7 Å². The Hall–Kier alpha value is -9.75. The number of aromatic nitrogens is 5. The molecule has 352 valence electrons. The minimum Gasteiger partial charge on any atom is -0.309 e. The zero-order valence-corrected chi connectivity index (χ0v) is 41.6. The maximum atomic E-state index is 5.33. The summed E-state index contributed by atoms with van der Waals surface area (Å²) in [5, 5.41) is 7.28. The molecule has 0 N–H and O–H groups in total. The summed E-state index contributed by atoms with van der Waals surface area (Å²) in [6.07, 6.45) is 0. The van der Waals surface area contributed by atoms with E-state index in [1.807, 2.05) is 47.7 Å². The Labute approximate surface area is 440 Å². The lowest BCUT2D eigenvalue weighted by atomic mass is 9.69. The summed E-state index contributed by atoms with van der Waals surface area (Å²) >= 11 is 1.81. The van der Waals surface area contributed by atoms with Crippen LogP contribution in [0.2, 0.25) is 0 Å². The number of hydrogen-bond acceptors (Lipinski definition) is 4. The second kappa shape index (κ2) is 15.6. The zero-order valence-electron chi connectivity index (χ0n) is 40.8. The van der Waals surface area contributed by atoms with Crippen molar-refractivity contribution in [3.63, 3.8) is 0 Å². The summed E-state index contributed by atoms with van der Waals surface area (Å²) in [5.41, 5.74) is 19.6. The molecule has 2 aliphatic carbocycles. The first kappa shape index (κ1) is 41.7. The zero-order chi connectivity index (χ0) is 49.6. The van der Waals surface area contributed by atoms with Gasteiger partial charge in [-0.25, -0.2) is 15.0 Å². The van der Waals surface area contributed by atoms with Crippen LogP contribution in [0.3, 0.4) is 0 Å². The Morgan fingerprint density at radius 2 is 0.829 bits per heavy atom. The van der Waals surface area contributed by atoms with Gasteiger partial charge >= 0.3 is 0 Å². The van der Waals surface area contributed by atoms with Crippen molar-refractivity contribution in [2.24, 2.45) is 0 Å². The molecule has 0 saturated heterocycles. The molecule has 0 unspecified atom stereocenters. The summed E-state index contributed by atoms with van der Waals surface area (Å²) in [5.74, 6) is 1.92. The molecule has 0 saturated carbocycles. The van der Waals surface area contributed by atoms with Crippen LogP contribution in [0.1, 0.15) is 22.3 Å². The molecule has 15 aromatic rings. The van der Waals surface area contributed by atoms with Crippen LogP contribution in [0.25, 0.3) is 132 Å². The van der Waals surface area contributed by atoms with Crippen LogP contribution in [-0.2, 0) is 5.41 Å². The maximum absolute atomic E-state index is 5.33. The topological polar surface area (TPSA) is 48.5 Å². The highest BCUT2D eigenvalue weighted by Crippen LogP contribution is 2.67. The van der Waals surface area contributed by atoms with E-state index in [1.54, 1.807) is 0 Å². The highest BCUT2D eigenvalue weighted by Gasteiger charge is 2.54. The van der Waals surface area contributed by atoms with Crippen LogP contribution in [0.4, 0.5) is 0 Å². The van der Waals surface area contributed by atoms with E-state index in [1.165, 1.54) is 98.1 Å².